The van der Waals surface area contributed by atoms with Crippen LogP contribution in [0.3, 0.4) is 0 Å². The topological polar surface area (TPSA) is 69.0 Å². The van der Waals surface area contributed by atoms with Gasteiger partial charge in [0.15, 0.2) is 5.69 Å². The van der Waals surface area contributed by atoms with E-state index in [1.165, 1.54) is 0 Å². The van der Waals surface area contributed by atoms with Gasteiger partial charge in [-0.15, -0.1) is 5.10 Å². The molecule has 2 aromatic rings. The van der Waals surface area contributed by atoms with Crippen molar-refractivity contribution in [1.29, 1.82) is 0 Å². The smallest absolute Gasteiger partial charge is 0.214 e. The maximum Gasteiger partial charge on any atom is 0.214 e. The fourth-order valence-corrected chi connectivity index (χ4v) is 2.12. The zero-order valence-electron chi connectivity index (χ0n) is 12.1. The summed E-state index contributed by atoms with van der Waals surface area (Å²) in [4.78, 5) is 12.3. The predicted molar refractivity (Wildman–Crippen MR) is 77.6 cm³/mol. The van der Waals surface area contributed by atoms with Crippen LogP contribution in [0.2, 0.25) is 0 Å². The fraction of sp³-hybridized carbons (Fsp3) is 0.400. The minimum absolute atomic E-state index is 0.113. The number of aromatic nitrogens is 3. The van der Waals surface area contributed by atoms with Gasteiger partial charge in [-0.1, -0.05) is 5.21 Å². The molecule has 1 aromatic carbocycles. The van der Waals surface area contributed by atoms with E-state index in [0.717, 1.165) is 18.8 Å². The van der Waals surface area contributed by atoms with Gasteiger partial charge in [-0.3, -0.25) is 4.79 Å². The third kappa shape index (κ3) is 2.95. The number of benzene rings is 1. The Labute approximate surface area is 123 Å². The van der Waals surface area contributed by atoms with Gasteiger partial charge in [0, 0.05) is 18.7 Å². The van der Waals surface area contributed by atoms with Crippen LogP contribution in [0.1, 0.15) is 35.9 Å². The molecular weight excluding hydrogens is 268 g/mol. The molecule has 1 N–H and O–H groups in total. The van der Waals surface area contributed by atoms with Crippen LogP contribution in [-0.2, 0) is 0 Å². The minimum atomic E-state index is -0.121. The quantitative estimate of drug-likeness (QED) is 0.842. The highest BCUT2D eigenvalue weighted by Crippen LogP contribution is 2.17. The molecule has 0 unspecified atom stereocenters. The Bertz CT molecular complexity index is 629. The summed E-state index contributed by atoms with van der Waals surface area (Å²) in [7, 11) is 0. The number of carbonyl (C=O) groups excluding carboxylic acids is 1. The van der Waals surface area contributed by atoms with E-state index >= 15 is 0 Å². The minimum Gasteiger partial charge on any atom is -0.491 e. The maximum atomic E-state index is 12.3. The summed E-state index contributed by atoms with van der Waals surface area (Å²) in [5, 5.41) is 11.2. The number of nitrogens with one attached hydrogen (secondary N) is 1. The molecule has 1 aliphatic heterocycles. The normalized spacial score (nSPS) is 15.0. The van der Waals surface area contributed by atoms with Crippen molar-refractivity contribution in [1.82, 2.24) is 20.3 Å². The van der Waals surface area contributed by atoms with Crippen LogP contribution in [0, 0.1) is 0 Å². The Morgan fingerprint density at radius 3 is 2.62 bits per heavy atom. The lowest BCUT2D eigenvalue weighted by molar-refractivity contribution is 0.103. The molecule has 0 atom stereocenters. The van der Waals surface area contributed by atoms with Crippen molar-refractivity contribution in [2.24, 2.45) is 0 Å². The number of hydrogen-bond donors (Lipinski definition) is 1. The first-order valence-corrected chi connectivity index (χ1v) is 7.07. The molecule has 3 rings (SSSR count). The summed E-state index contributed by atoms with van der Waals surface area (Å²) >= 11 is 0. The first-order valence-electron chi connectivity index (χ1n) is 7.07. The van der Waals surface area contributed by atoms with E-state index in [9.17, 15) is 4.79 Å². The van der Waals surface area contributed by atoms with Gasteiger partial charge in [-0.05, 0) is 38.1 Å². The number of carbonyl (C=O) groups is 1. The highest BCUT2D eigenvalue weighted by molar-refractivity contribution is 6.07. The van der Waals surface area contributed by atoms with Crippen molar-refractivity contribution in [2.75, 3.05) is 13.1 Å². The van der Waals surface area contributed by atoms with Gasteiger partial charge in [0.1, 0.15) is 5.75 Å². The fourth-order valence-electron chi connectivity index (χ4n) is 2.12. The number of hydrogen-bond acceptors (Lipinski definition) is 5. The molecule has 0 bridgehead atoms. The number of ketones is 1. The van der Waals surface area contributed by atoms with Crippen LogP contribution >= 0.6 is 0 Å². The van der Waals surface area contributed by atoms with Crippen LogP contribution in [-0.4, -0.2) is 40.0 Å². The van der Waals surface area contributed by atoms with Crippen molar-refractivity contribution < 1.29 is 9.53 Å². The number of ether oxygens (including phenoxy) is 1. The molecule has 1 aliphatic rings. The average molecular weight is 286 g/mol. The van der Waals surface area contributed by atoms with Gasteiger partial charge in [0.25, 0.3) is 0 Å². The molecule has 0 amide bonds. The average Bonchev–Trinajstić information content (AvgIpc) is 2.85. The van der Waals surface area contributed by atoms with Crippen LogP contribution in [0.15, 0.2) is 30.5 Å². The monoisotopic (exact) mass is 286 g/mol. The van der Waals surface area contributed by atoms with Crippen LogP contribution < -0.4 is 10.1 Å². The Balaban J connectivity index is 1.73. The third-order valence-electron chi connectivity index (χ3n) is 3.37. The van der Waals surface area contributed by atoms with E-state index in [4.69, 9.17) is 4.74 Å². The summed E-state index contributed by atoms with van der Waals surface area (Å²) < 4.78 is 7.31. The number of rotatable bonds is 5. The van der Waals surface area contributed by atoms with Gasteiger partial charge >= 0.3 is 0 Å². The predicted octanol–water partition coefficient (Wildman–Crippen LogP) is 1.44. The van der Waals surface area contributed by atoms with Crippen LogP contribution in [0.25, 0.3) is 0 Å². The second-order valence-electron chi connectivity index (χ2n) is 5.42. The SMILES string of the molecule is CC(C)Oc1ccc(C(=O)c2cn(C3CNC3)nn2)cc1. The van der Waals surface area contributed by atoms with Crippen molar-refractivity contribution in [2.45, 2.75) is 26.0 Å². The van der Waals surface area contributed by atoms with Gasteiger partial charge in [-0.25, -0.2) is 4.68 Å². The molecule has 1 aromatic heterocycles. The summed E-state index contributed by atoms with van der Waals surface area (Å²) in [6.07, 6.45) is 1.83. The molecule has 21 heavy (non-hydrogen) atoms. The standard InChI is InChI=1S/C15H18N4O2/c1-10(2)21-13-5-3-11(4-6-13)15(20)14-9-19(18-17-14)12-7-16-8-12/h3-6,9-10,12,16H,7-8H2,1-2H3. The highest BCUT2D eigenvalue weighted by atomic mass is 16.5. The summed E-state index contributed by atoms with van der Waals surface area (Å²) in [6, 6.07) is 7.41. The van der Waals surface area contributed by atoms with Gasteiger partial charge < -0.3 is 10.1 Å². The lowest BCUT2D eigenvalue weighted by atomic mass is 10.1. The Hall–Kier alpha value is -2.21. The highest BCUT2D eigenvalue weighted by Gasteiger charge is 2.22. The summed E-state index contributed by atoms with van der Waals surface area (Å²) in [6.45, 7) is 5.68. The Kier molecular flexibility index (Phi) is 3.70. The first kappa shape index (κ1) is 13.8. The largest absolute Gasteiger partial charge is 0.491 e. The van der Waals surface area contributed by atoms with Crippen LogP contribution in [0.4, 0.5) is 0 Å². The zero-order chi connectivity index (χ0) is 14.8. The molecule has 0 radical (unpaired) electrons. The molecule has 2 heterocycles. The van der Waals surface area contributed by atoms with E-state index in [2.05, 4.69) is 15.6 Å². The molecule has 0 saturated carbocycles. The molecular formula is C15H18N4O2. The molecule has 6 nitrogen and oxygen atoms in total. The van der Waals surface area contributed by atoms with E-state index < -0.39 is 0 Å². The van der Waals surface area contributed by atoms with Gasteiger partial charge in [-0.2, -0.15) is 0 Å². The van der Waals surface area contributed by atoms with Crippen molar-refractivity contribution in [3.63, 3.8) is 0 Å². The van der Waals surface area contributed by atoms with Crippen LogP contribution in [0.5, 0.6) is 5.75 Å². The summed E-state index contributed by atoms with van der Waals surface area (Å²) in [5.41, 5.74) is 0.962. The molecule has 1 fully saturated rings. The van der Waals surface area contributed by atoms with E-state index in [1.54, 1.807) is 35.1 Å². The lowest BCUT2D eigenvalue weighted by Crippen LogP contribution is -2.43. The maximum absolute atomic E-state index is 12.3. The number of nitrogens with zero attached hydrogens (tertiary/aromatic N) is 3. The molecule has 110 valence electrons. The first-order chi connectivity index (χ1) is 10.1. The van der Waals surface area contributed by atoms with Gasteiger partial charge in [0.2, 0.25) is 5.78 Å². The molecule has 6 heteroatoms. The lowest BCUT2D eigenvalue weighted by Gasteiger charge is -2.26. The third-order valence-corrected chi connectivity index (χ3v) is 3.37. The summed E-state index contributed by atoms with van der Waals surface area (Å²) in [5.74, 6) is 0.635. The molecule has 0 spiro atoms. The Morgan fingerprint density at radius 2 is 2.05 bits per heavy atom. The Morgan fingerprint density at radius 1 is 1.33 bits per heavy atom. The van der Waals surface area contributed by atoms with Crippen molar-refractivity contribution >= 4 is 5.78 Å². The molecule has 1 saturated heterocycles. The van der Waals surface area contributed by atoms with E-state index in [0.29, 0.717) is 17.3 Å². The zero-order valence-corrected chi connectivity index (χ0v) is 12.1. The second-order valence-corrected chi connectivity index (χ2v) is 5.42. The van der Waals surface area contributed by atoms with Crippen molar-refractivity contribution in [3.8, 4) is 5.75 Å². The molecule has 0 aliphatic carbocycles. The van der Waals surface area contributed by atoms with Crippen molar-refractivity contribution in [3.05, 3.63) is 41.7 Å². The van der Waals surface area contributed by atoms with E-state index in [1.807, 2.05) is 13.8 Å². The van der Waals surface area contributed by atoms with Gasteiger partial charge in [0.05, 0.1) is 18.3 Å². The second kappa shape index (κ2) is 5.65. The van der Waals surface area contributed by atoms with E-state index in [-0.39, 0.29) is 11.9 Å².